The first-order valence-corrected chi connectivity index (χ1v) is 5.27. The number of nitrogens with zero attached hydrogens (tertiary/aromatic N) is 3. The Bertz CT molecular complexity index is 616. The van der Waals surface area contributed by atoms with E-state index in [4.69, 9.17) is 22.6 Å². The Morgan fingerprint density at radius 2 is 2.06 bits per heavy atom. The predicted octanol–water partition coefficient (Wildman–Crippen LogP) is 2.56. The number of hydrogen-bond acceptors (Lipinski definition) is 4. The van der Waals surface area contributed by atoms with E-state index in [0.29, 0.717) is 11.3 Å². The van der Waals surface area contributed by atoms with Gasteiger partial charge in [0, 0.05) is 23.0 Å². The van der Waals surface area contributed by atoms with Crippen LogP contribution in [0.25, 0.3) is 11.1 Å². The number of nitrogens with two attached hydrogens (primary N) is 1. The molecule has 0 aliphatic rings. The summed E-state index contributed by atoms with van der Waals surface area (Å²) in [6, 6.07) is 5.47. The summed E-state index contributed by atoms with van der Waals surface area (Å²) in [5.41, 5.74) is 9.06. The molecular weight excluding hydrogens is 236 g/mol. The van der Waals surface area contributed by atoms with Gasteiger partial charge in [-0.15, -0.1) is 0 Å². The van der Waals surface area contributed by atoms with Gasteiger partial charge in [-0.05, 0) is 19.1 Å². The first kappa shape index (κ1) is 11.4. The lowest BCUT2D eigenvalue weighted by Crippen LogP contribution is -1.94. The normalized spacial score (nSPS) is 9.94. The lowest BCUT2D eigenvalue weighted by molar-refractivity contribution is 1.20. The van der Waals surface area contributed by atoms with Crippen molar-refractivity contribution in [3.63, 3.8) is 0 Å². The lowest BCUT2D eigenvalue weighted by atomic mass is 10.0. The Kier molecular flexibility index (Phi) is 2.94. The molecule has 0 unspecified atom stereocenters. The van der Waals surface area contributed by atoms with Gasteiger partial charge in [-0.3, -0.25) is 4.98 Å². The standard InChI is InChI=1S/C12H9ClN4/c1-7-11(3-10(15)6-16-7)9-2-8(4-14)12(13)17-5-9/h2-3,5-6H,15H2,1H3. The maximum absolute atomic E-state index is 8.90. The van der Waals surface area contributed by atoms with Crippen LogP contribution in [0.5, 0.6) is 0 Å². The fraction of sp³-hybridized carbons (Fsp3) is 0.0833. The molecule has 0 bridgehead atoms. The summed E-state index contributed by atoms with van der Waals surface area (Å²) in [6.07, 6.45) is 3.19. The van der Waals surface area contributed by atoms with Gasteiger partial charge in [0.2, 0.25) is 0 Å². The van der Waals surface area contributed by atoms with Crippen LogP contribution >= 0.6 is 11.6 Å². The van der Waals surface area contributed by atoms with Crippen molar-refractivity contribution in [1.29, 1.82) is 5.26 Å². The maximum atomic E-state index is 8.90. The molecule has 2 heterocycles. The second-order valence-electron chi connectivity index (χ2n) is 3.58. The summed E-state index contributed by atoms with van der Waals surface area (Å²) in [6.45, 7) is 1.87. The van der Waals surface area contributed by atoms with E-state index >= 15 is 0 Å². The van der Waals surface area contributed by atoms with Crippen LogP contribution in [0.3, 0.4) is 0 Å². The van der Waals surface area contributed by atoms with Gasteiger partial charge < -0.3 is 5.73 Å². The molecule has 0 fully saturated rings. The molecule has 5 heteroatoms. The molecule has 2 rings (SSSR count). The minimum Gasteiger partial charge on any atom is -0.397 e. The summed E-state index contributed by atoms with van der Waals surface area (Å²) >= 11 is 5.78. The second kappa shape index (κ2) is 4.40. The van der Waals surface area contributed by atoms with E-state index in [1.807, 2.05) is 13.0 Å². The van der Waals surface area contributed by atoms with Crippen LogP contribution in [0.15, 0.2) is 24.5 Å². The molecule has 0 spiro atoms. The Morgan fingerprint density at radius 3 is 2.76 bits per heavy atom. The average Bonchev–Trinajstić information content (AvgIpc) is 2.33. The van der Waals surface area contributed by atoms with Crippen LogP contribution in [0.1, 0.15) is 11.3 Å². The third-order valence-electron chi connectivity index (χ3n) is 2.38. The monoisotopic (exact) mass is 244 g/mol. The molecule has 2 aromatic heterocycles. The van der Waals surface area contributed by atoms with Crippen molar-refractivity contribution in [3.8, 4) is 17.2 Å². The number of anilines is 1. The molecule has 4 nitrogen and oxygen atoms in total. The van der Waals surface area contributed by atoms with E-state index in [1.54, 1.807) is 24.5 Å². The van der Waals surface area contributed by atoms with Gasteiger partial charge in [0.15, 0.2) is 0 Å². The second-order valence-corrected chi connectivity index (χ2v) is 3.93. The molecule has 0 saturated carbocycles. The Labute approximate surface area is 104 Å². The van der Waals surface area contributed by atoms with Crippen LogP contribution in [-0.4, -0.2) is 9.97 Å². The van der Waals surface area contributed by atoms with Crippen molar-refractivity contribution >= 4 is 17.3 Å². The smallest absolute Gasteiger partial charge is 0.146 e. The number of aromatic nitrogens is 2. The molecule has 84 valence electrons. The number of halogens is 1. The van der Waals surface area contributed by atoms with E-state index in [-0.39, 0.29) is 5.15 Å². The largest absolute Gasteiger partial charge is 0.397 e. The summed E-state index contributed by atoms with van der Waals surface area (Å²) in [4.78, 5) is 8.14. The predicted molar refractivity (Wildman–Crippen MR) is 66.3 cm³/mol. The zero-order valence-electron chi connectivity index (χ0n) is 9.11. The minimum atomic E-state index is 0.200. The molecule has 0 atom stereocenters. The number of rotatable bonds is 1. The fourth-order valence-corrected chi connectivity index (χ4v) is 1.66. The Balaban J connectivity index is 2.61. The number of aryl methyl sites for hydroxylation is 1. The molecule has 0 radical (unpaired) electrons. The molecule has 17 heavy (non-hydrogen) atoms. The highest BCUT2D eigenvalue weighted by molar-refractivity contribution is 6.30. The van der Waals surface area contributed by atoms with Crippen LogP contribution in [0.2, 0.25) is 5.15 Å². The summed E-state index contributed by atoms with van der Waals surface area (Å²) < 4.78 is 0. The molecular formula is C12H9ClN4. The van der Waals surface area contributed by atoms with Crippen LogP contribution in [-0.2, 0) is 0 Å². The lowest BCUT2D eigenvalue weighted by Gasteiger charge is -2.06. The van der Waals surface area contributed by atoms with Gasteiger partial charge >= 0.3 is 0 Å². The SMILES string of the molecule is Cc1ncc(N)cc1-c1cnc(Cl)c(C#N)c1. The first-order chi connectivity index (χ1) is 8.11. The zero-order valence-corrected chi connectivity index (χ0v) is 9.86. The van der Waals surface area contributed by atoms with E-state index in [2.05, 4.69) is 9.97 Å². The van der Waals surface area contributed by atoms with Crippen LogP contribution in [0.4, 0.5) is 5.69 Å². The average molecular weight is 245 g/mol. The van der Waals surface area contributed by atoms with Crippen LogP contribution < -0.4 is 5.73 Å². The highest BCUT2D eigenvalue weighted by Gasteiger charge is 2.08. The van der Waals surface area contributed by atoms with Gasteiger partial charge in [0.25, 0.3) is 0 Å². The fourth-order valence-electron chi connectivity index (χ4n) is 1.52. The van der Waals surface area contributed by atoms with Crippen LogP contribution in [0, 0.1) is 18.3 Å². The number of nitrogen functional groups attached to an aromatic ring is 1. The van der Waals surface area contributed by atoms with Gasteiger partial charge in [-0.1, -0.05) is 11.6 Å². The number of pyridine rings is 2. The molecule has 0 amide bonds. The van der Waals surface area contributed by atoms with Gasteiger partial charge in [-0.25, -0.2) is 4.98 Å². The molecule has 2 aromatic rings. The topological polar surface area (TPSA) is 75.6 Å². The van der Waals surface area contributed by atoms with Crippen molar-refractivity contribution < 1.29 is 0 Å². The third-order valence-corrected chi connectivity index (χ3v) is 2.68. The summed E-state index contributed by atoms with van der Waals surface area (Å²) in [5.74, 6) is 0. The van der Waals surface area contributed by atoms with Gasteiger partial charge in [0.05, 0.1) is 17.4 Å². The van der Waals surface area contributed by atoms with Gasteiger partial charge in [0.1, 0.15) is 11.2 Å². The third kappa shape index (κ3) is 2.19. The maximum Gasteiger partial charge on any atom is 0.146 e. The Hall–Kier alpha value is -2.12. The highest BCUT2D eigenvalue weighted by Crippen LogP contribution is 2.26. The minimum absolute atomic E-state index is 0.200. The highest BCUT2D eigenvalue weighted by atomic mass is 35.5. The van der Waals surface area contributed by atoms with Crippen molar-refractivity contribution in [1.82, 2.24) is 9.97 Å². The zero-order chi connectivity index (χ0) is 12.4. The Morgan fingerprint density at radius 1 is 1.29 bits per heavy atom. The molecule has 0 aliphatic carbocycles. The molecule has 2 N–H and O–H groups in total. The quantitative estimate of drug-likeness (QED) is 0.783. The van der Waals surface area contributed by atoms with E-state index in [1.165, 1.54) is 0 Å². The summed E-state index contributed by atoms with van der Waals surface area (Å²) in [7, 11) is 0. The number of hydrogen-bond donors (Lipinski definition) is 1. The van der Waals surface area contributed by atoms with Crippen molar-refractivity contribution in [2.45, 2.75) is 6.92 Å². The molecule has 0 aliphatic heterocycles. The molecule has 0 aromatic carbocycles. The summed E-state index contributed by atoms with van der Waals surface area (Å²) in [5, 5.41) is 9.10. The van der Waals surface area contributed by atoms with E-state index in [0.717, 1.165) is 16.8 Å². The van der Waals surface area contributed by atoms with Crippen molar-refractivity contribution in [3.05, 3.63) is 40.9 Å². The van der Waals surface area contributed by atoms with Crippen molar-refractivity contribution in [2.75, 3.05) is 5.73 Å². The van der Waals surface area contributed by atoms with Gasteiger partial charge in [-0.2, -0.15) is 5.26 Å². The van der Waals surface area contributed by atoms with Crippen molar-refractivity contribution in [2.24, 2.45) is 0 Å². The molecule has 0 saturated heterocycles. The van der Waals surface area contributed by atoms with E-state index < -0.39 is 0 Å². The number of nitriles is 1. The first-order valence-electron chi connectivity index (χ1n) is 4.90. The van der Waals surface area contributed by atoms with E-state index in [9.17, 15) is 0 Å².